The molecule has 26 heavy (non-hydrogen) atoms. The molecule has 1 aromatic heterocycles. The zero-order valence-corrected chi connectivity index (χ0v) is 14.5. The highest BCUT2D eigenvalue weighted by Crippen LogP contribution is 2.31. The number of amides is 2. The van der Waals surface area contributed by atoms with E-state index in [0.29, 0.717) is 25.4 Å². The fraction of sp³-hybridized carbons (Fsp3) is 0.400. The van der Waals surface area contributed by atoms with E-state index in [2.05, 4.69) is 0 Å². The number of fused-ring (bicyclic) bond motifs is 4. The molecule has 2 bridgehead atoms. The molecule has 5 rings (SSSR count). The first-order valence-electron chi connectivity index (χ1n) is 8.99. The van der Waals surface area contributed by atoms with Crippen LogP contribution < -0.4 is 0 Å². The van der Waals surface area contributed by atoms with Gasteiger partial charge in [0.05, 0.1) is 5.92 Å². The molecule has 4 heterocycles. The number of aliphatic hydroxyl groups excluding tert-OH is 1. The van der Waals surface area contributed by atoms with Gasteiger partial charge in [0, 0.05) is 25.7 Å². The predicted molar refractivity (Wildman–Crippen MR) is 94.0 cm³/mol. The molecule has 2 aromatic rings. The molecule has 1 aromatic carbocycles. The van der Waals surface area contributed by atoms with Crippen LogP contribution in [0.25, 0.3) is 0 Å². The fourth-order valence-electron chi connectivity index (χ4n) is 3.93. The van der Waals surface area contributed by atoms with Crippen molar-refractivity contribution in [3.8, 4) is 0 Å². The zero-order valence-electron chi connectivity index (χ0n) is 14.5. The lowest BCUT2D eigenvalue weighted by Gasteiger charge is -2.36. The van der Waals surface area contributed by atoms with E-state index < -0.39 is 0 Å². The number of hydrogen-bond acceptors (Lipinski definition) is 4. The lowest BCUT2D eigenvalue weighted by atomic mass is 9.93. The van der Waals surface area contributed by atoms with Gasteiger partial charge in [-0.3, -0.25) is 9.59 Å². The summed E-state index contributed by atoms with van der Waals surface area (Å²) in [5.74, 6) is 0.353. The first-order chi connectivity index (χ1) is 12.7. The molecule has 3 saturated heterocycles. The SMILES string of the molecule is O=C(c1ccc(CO)o1)N1C[C@H]2CC[C@@H](C1)N(Cc1ccccc1)C2=O. The molecule has 3 fully saturated rings. The number of piperidine rings is 1. The standard InChI is InChI=1S/C20H22N2O4/c23-13-17-8-9-18(26-17)20(25)21-11-15-6-7-16(12-21)22(19(15)24)10-14-4-2-1-3-5-14/h1-5,8-9,15-16,23H,6-7,10-13H2/t15-,16+/m1/s1. The summed E-state index contributed by atoms with van der Waals surface area (Å²) in [6, 6.07) is 13.2. The van der Waals surface area contributed by atoms with E-state index in [9.17, 15) is 9.59 Å². The van der Waals surface area contributed by atoms with Crippen LogP contribution in [-0.4, -0.2) is 45.9 Å². The smallest absolute Gasteiger partial charge is 0.289 e. The van der Waals surface area contributed by atoms with E-state index in [1.165, 1.54) is 0 Å². The minimum atomic E-state index is -0.234. The summed E-state index contributed by atoms with van der Waals surface area (Å²) in [5, 5.41) is 9.12. The monoisotopic (exact) mass is 354 g/mol. The van der Waals surface area contributed by atoms with E-state index in [1.807, 2.05) is 35.2 Å². The summed E-state index contributed by atoms with van der Waals surface area (Å²) in [4.78, 5) is 29.3. The Morgan fingerprint density at radius 2 is 1.92 bits per heavy atom. The van der Waals surface area contributed by atoms with Gasteiger partial charge in [0.2, 0.25) is 5.91 Å². The Morgan fingerprint density at radius 3 is 2.65 bits per heavy atom. The second-order valence-electron chi connectivity index (χ2n) is 7.01. The quantitative estimate of drug-likeness (QED) is 0.912. The third-order valence-electron chi connectivity index (χ3n) is 5.30. The summed E-state index contributed by atoms with van der Waals surface area (Å²) in [7, 11) is 0. The molecule has 2 amide bonds. The van der Waals surface area contributed by atoms with Gasteiger partial charge in [0.25, 0.3) is 5.91 Å². The molecular formula is C20H22N2O4. The van der Waals surface area contributed by atoms with Crippen molar-refractivity contribution >= 4 is 11.8 Å². The Labute approximate surface area is 152 Å². The van der Waals surface area contributed by atoms with Crippen LogP contribution in [0.4, 0.5) is 0 Å². The summed E-state index contributed by atoms with van der Waals surface area (Å²) in [6.45, 7) is 1.29. The fourth-order valence-corrected chi connectivity index (χ4v) is 3.93. The van der Waals surface area contributed by atoms with Gasteiger partial charge >= 0.3 is 0 Å². The summed E-state index contributed by atoms with van der Waals surface area (Å²) in [5.41, 5.74) is 1.10. The highest BCUT2D eigenvalue weighted by Gasteiger charge is 2.42. The summed E-state index contributed by atoms with van der Waals surface area (Å²) < 4.78 is 5.39. The molecule has 0 unspecified atom stereocenters. The van der Waals surface area contributed by atoms with Crippen LogP contribution >= 0.6 is 0 Å². The van der Waals surface area contributed by atoms with E-state index in [4.69, 9.17) is 9.52 Å². The first-order valence-corrected chi connectivity index (χ1v) is 8.99. The normalized spacial score (nSPS) is 22.6. The molecule has 3 aliphatic rings. The number of nitrogens with zero attached hydrogens (tertiary/aromatic N) is 2. The van der Waals surface area contributed by atoms with Gasteiger partial charge in [-0.1, -0.05) is 30.3 Å². The Kier molecular flexibility index (Phi) is 4.51. The molecule has 3 aliphatic heterocycles. The first kappa shape index (κ1) is 16.8. The average molecular weight is 354 g/mol. The number of benzene rings is 1. The maximum atomic E-state index is 12.9. The highest BCUT2D eigenvalue weighted by molar-refractivity contribution is 5.92. The van der Waals surface area contributed by atoms with Crippen molar-refractivity contribution in [2.24, 2.45) is 5.92 Å². The molecule has 136 valence electrons. The third-order valence-corrected chi connectivity index (χ3v) is 5.30. The molecule has 0 saturated carbocycles. The van der Waals surface area contributed by atoms with Gasteiger partial charge in [-0.2, -0.15) is 0 Å². The minimum Gasteiger partial charge on any atom is -0.453 e. The molecular weight excluding hydrogens is 332 g/mol. The molecule has 6 heteroatoms. The zero-order chi connectivity index (χ0) is 18.1. The average Bonchev–Trinajstić information content (AvgIpc) is 2.99. The number of carbonyl (C=O) groups is 2. The van der Waals surface area contributed by atoms with E-state index >= 15 is 0 Å². The lowest BCUT2D eigenvalue weighted by molar-refractivity contribution is -0.140. The van der Waals surface area contributed by atoms with Crippen LogP contribution in [0.5, 0.6) is 0 Å². The van der Waals surface area contributed by atoms with Crippen LogP contribution in [-0.2, 0) is 17.9 Å². The molecule has 1 N–H and O–H groups in total. The number of carbonyl (C=O) groups excluding carboxylic acids is 2. The molecule has 2 atom stereocenters. The van der Waals surface area contributed by atoms with Crippen molar-refractivity contribution in [3.63, 3.8) is 0 Å². The maximum Gasteiger partial charge on any atom is 0.289 e. The predicted octanol–water partition coefficient (Wildman–Crippen LogP) is 2.04. The Bertz CT molecular complexity index is 801. The van der Waals surface area contributed by atoms with Gasteiger partial charge in [0.15, 0.2) is 5.76 Å². The van der Waals surface area contributed by atoms with Crippen molar-refractivity contribution in [2.75, 3.05) is 13.1 Å². The second kappa shape index (κ2) is 6.96. The topological polar surface area (TPSA) is 74.0 Å². The van der Waals surface area contributed by atoms with Gasteiger partial charge in [0.1, 0.15) is 12.4 Å². The molecule has 0 spiro atoms. The van der Waals surface area contributed by atoms with Crippen molar-refractivity contribution in [1.29, 1.82) is 0 Å². The Morgan fingerprint density at radius 1 is 1.12 bits per heavy atom. The van der Waals surface area contributed by atoms with Gasteiger partial charge < -0.3 is 19.3 Å². The van der Waals surface area contributed by atoms with E-state index in [1.54, 1.807) is 17.0 Å². The van der Waals surface area contributed by atoms with Crippen molar-refractivity contribution in [2.45, 2.75) is 32.0 Å². The molecule has 0 aliphatic carbocycles. The largest absolute Gasteiger partial charge is 0.453 e. The van der Waals surface area contributed by atoms with Crippen LogP contribution in [0.3, 0.4) is 0 Å². The summed E-state index contributed by atoms with van der Waals surface area (Å²) >= 11 is 0. The Hall–Kier alpha value is -2.60. The van der Waals surface area contributed by atoms with Crippen LogP contribution in [0.1, 0.15) is 34.7 Å². The lowest BCUT2D eigenvalue weighted by Crippen LogP contribution is -2.47. The van der Waals surface area contributed by atoms with Gasteiger partial charge in [-0.15, -0.1) is 0 Å². The van der Waals surface area contributed by atoms with Crippen LogP contribution in [0.15, 0.2) is 46.9 Å². The molecule has 6 nitrogen and oxygen atoms in total. The maximum absolute atomic E-state index is 12.9. The van der Waals surface area contributed by atoms with Crippen molar-refractivity contribution in [3.05, 3.63) is 59.5 Å². The molecule has 0 radical (unpaired) electrons. The number of rotatable bonds is 4. The number of hydrogen-bond donors (Lipinski definition) is 1. The van der Waals surface area contributed by atoms with E-state index in [0.717, 1.165) is 18.4 Å². The van der Waals surface area contributed by atoms with Gasteiger partial charge in [-0.05, 0) is 30.5 Å². The minimum absolute atomic E-state index is 0.0256. The Balaban J connectivity index is 1.53. The second-order valence-corrected chi connectivity index (χ2v) is 7.01. The number of aliphatic hydroxyl groups is 1. The van der Waals surface area contributed by atoms with E-state index in [-0.39, 0.29) is 36.1 Å². The highest BCUT2D eigenvalue weighted by atomic mass is 16.4. The van der Waals surface area contributed by atoms with Crippen molar-refractivity contribution in [1.82, 2.24) is 9.80 Å². The van der Waals surface area contributed by atoms with Crippen LogP contribution in [0.2, 0.25) is 0 Å². The van der Waals surface area contributed by atoms with Crippen LogP contribution in [0, 0.1) is 5.92 Å². The van der Waals surface area contributed by atoms with Gasteiger partial charge in [-0.25, -0.2) is 0 Å². The number of furan rings is 1. The van der Waals surface area contributed by atoms with Crippen molar-refractivity contribution < 1.29 is 19.1 Å². The third kappa shape index (κ3) is 3.12. The summed E-state index contributed by atoms with van der Waals surface area (Å²) in [6.07, 6.45) is 1.73.